The van der Waals surface area contributed by atoms with E-state index >= 15 is 0 Å². The number of benzene rings is 1. The van der Waals surface area contributed by atoms with Gasteiger partial charge in [0.1, 0.15) is 0 Å². The van der Waals surface area contributed by atoms with Crippen molar-refractivity contribution < 1.29 is 0 Å². The summed E-state index contributed by atoms with van der Waals surface area (Å²) in [5.74, 6) is 0. The largest absolute Gasteiger partial charge is 0.329 e. The summed E-state index contributed by atoms with van der Waals surface area (Å²) < 4.78 is 0. The van der Waals surface area contributed by atoms with Gasteiger partial charge in [-0.3, -0.25) is 4.90 Å². The Labute approximate surface area is 97.8 Å². The van der Waals surface area contributed by atoms with Crippen LogP contribution in [0.2, 0.25) is 0 Å². The lowest BCUT2D eigenvalue weighted by atomic mass is 10.1. The summed E-state index contributed by atoms with van der Waals surface area (Å²) in [7, 11) is 0. The lowest BCUT2D eigenvalue weighted by Crippen LogP contribution is -2.36. The molecule has 2 nitrogen and oxygen atoms in total. The van der Waals surface area contributed by atoms with E-state index in [-0.39, 0.29) is 0 Å². The van der Waals surface area contributed by atoms with Crippen molar-refractivity contribution in [3.63, 3.8) is 0 Å². The summed E-state index contributed by atoms with van der Waals surface area (Å²) in [4.78, 5) is 2.45. The third-order valence-corrected chi connectivity index (χ3v) is 3.35. The zero-order chi connectivity index (χ0) is 11.4. The van der Waals surface area contributed by atoms with Gasteiger partial charge >= 0.3 is 0 Å². The van der Waals surface area contributed by atoms with Gasteiger partial charge < -0.3 is 5.73 Å². The van der Waals surface area contributed by atoms with E-state index in [1.54, 1.807) is 0 Å². The number of likely N-dealkylation sites (tertiary alicyclic amines) is 1. The van der Waals surface area contributed by atoms with Crippen LogP contribution in [-0.4, -0.2) is 30.6 Å². The highest BCUT2D eigenvalue weighted by Crippen LogP contribution is 2.20. The van der Waals surface area contributed by atoms with Gasteiger partial charge in [0.2, 0.25) is 0 Å². The molecule has 1 aromatic carbocycles. The molecule has 1 aliphatic rings. The first-order chi connectivity index (χ1) is 7.81. The van der Waals surface area contributed by atoms with Crippen LogP contribution >= 0.6 is 0 Å². The van der Waals surface area contributed by atoms with E-state index in [1.165, 1.54) is 24.0 Å². The smallest absolute Gasteiger partial charge is 0.0237 e. The molecule has 1 heterocycles. The summed E-state index contributed by atoms with van der Waals surface area (Å²) >= 11 is 0. The van der Waals surface area contributed by atoms with Gasteiger partial charge in [-0.1, -0.05) is 36.9 Å². The Balaban J connectivity index is 1.97. The topological polar surface area (TPSA) is 29.3 Å². The van der Waals surface area contributed by atoms with Crippen LogP contribution in [0.4, 0.5) is 0 Å². The standard InChI is InChI=1S/C14H20N2/c1-12(13-6-3-2-4-7-13)11-16-9-5-8-14(16)10-15/h2-4,6-7,14H,1,5,8-11,15H2. The Kier molecular flexibility index (Phi) is 3.75. The third-order valence-electron chi connectivity index (χ3n) is 3.35. The van der Waals surface area contributed by atoms with Crippen molar-refractivity contribution in [3.8, 4) is 0 Å². The van der Waals surface area contributed by atoms with Crippen LogP contribution in [0.5, 0.6) is 0 Å². The van der Waals surface area contributed by atoms with Crippen LogP contribution in [-0.2, 0) is 0 Å². The summed E-state index contributed by atoms with van der Waals surface area (Å²) in [6.45, 7) is 7.05. The molecule has 2 rings (SSSR count). The average Bonchev–Trinajstić information content (AvgIpc) is 2.77. The van der Waals surface area contributed by atoms with Crippen LogP contribution in [0, 0.1) is 0 Å². The Morgan fingerprint density at radius 3 is 2.81 bits per heavy atom. The van der Waals surface area contributed by atoms with Gasteiger partial charge in [-0.15, -0.1) is 0 Å². The van der Waals surface area contributed by atoms with E-state index in [1.807, 2.05) is 6.07 Å². The van der Waals surface area contributed by atoms with E-state index in [2.05, 4.69) is 35.7 Å². The Morgan fingerprint density at radius 1 is 1.38 bits per heavy atom. The third kappa shape index (κ3) is 2.52. The van der Waals surface area contributed by atoms with Crippen molar-refractivity contribution >= 4 is 5.57 Å². The molecule has 0 spiro atoms. The SMILES string of the molecule is C=C(CN1CCCC1CN)c1ccccc1. The number of rotatable bonds is 4. The number of hydrogen-bond acceptors (Lipinski definition) is 2. The highest BCUT2D eigenvalue weighted by Gasteiger charge is 2.23. The minimum Gasteiger partial charge on any atom is -0.329 e. The van der Waals surface area contributed by atoms with Crippen LogP contribution in [0.3, 0.4) is 0 Å². The fraction of sp³-hybridized carbons (Fsp3) is 0.429. The van der Waals surface area contributed by atoms with Gasteiger partial charge in [0.15, 0.2) is 0 Å². The molecule has 0 aromatic heterocycles. The van der Waals surface area contributed by atoms with Crippen LogP contribution in [0.1, 0.15) is 18.4 Å². The van der Waals surface area contributed by atoms with Crippen LogP contribution in [0.15, 0.2) is 36.9 Å². The van der Waals surface area contributed by atoms with Crippen molar-refractivity contribution in [2.24, 2.45) is 5.73 Å². The second-order valence-corrected chi connectivity index (χ2v) is 4.47. The van der Waals surface area contributed by atoms with Crippen molar-refractivity contribution in [1.29, 1.82) is 0 Å². The maximum atomic E-state index is 5.77. The molecule has 0 aliphatic carbocycles. The number of nitrogens with zero attached hydrogens (tertiary/aromatic N) is 1. The molecule has 2 N–H and O–H groups in total. The molecule has 0 amide bonds. The average molecular weight is 216 g/mol. The minimum absolute atomic E-state index is 0.556. The molecule has 86 valence electrons. The molecular weight excluding hydrogens is 196 g/mol. The van der Waals surface area contributed by atoms with E-state index in [9.17, 15) is 0 Å². The molecule has 0 saturated carbocycles. The zero-order valence-corrected chi connectivity index (χ0v) is 9.73. The monoisotopic (exact) mass is 216 g/mol. The first-order valence-electron chi connectivity index (χ1n) is 5.98. The molecule has 16 heavy (non-hydrogen) atoms. The normalized spacial score (nSPS) is 21.2. The molecule has 1 atom stereocenters. The van der Waals surface area contributed by atoms with E-state index in [0.717, 1.165) is 19.6 Å². The van der Waals surface area contributed by atoms with Gasteiger partial charge in [0.25, 0.3) is 0 Å². The first kappa shape index (κ1) is 11.4. The molecule has 1 saturated heterocycles. The second-order valence-electron chi connectivity index (χ2n) is 4.47. The fourth-order valence-electron chi connectivity index (χ4n) is 2.38. The maximum Gasteiger partial charge on any atom is 0.0237 e. The molecule has 0 radical (unpaired) electrons. The van der Waals surface area contributed by atoms with Crippen molar-refractivity contribution in [1.82, 2.24) is 4.90 Å². The van der Waals surface area contributed by atoms with Crippen LogP contribution < -0.4 is 5.73 Å². The highest BCUT2D eigenvalue weighted by atomic mass is 15.2. The zero-order valence-electron chi connectivity index (χ0n) is 9.73. The van der Waals surface area contributed by atoms with Gasteiger partial charge in [-0.25, -0.2) is 0 Å². The maximum absolute atomic E-state index is 5.77. The lowest BCUT2D eigenvalue weighted by Gasteiger charge is -2.24. The Bertz CT molecular complexity index is 345. The Morgan fingerprint density at radius 2 is 2.12 bits per heavy atom. The lowest BCUT2D eigenvalue weighted by molar-refractivity contribution is 0.290. The van der Waals surface area contributed by atoms with Crippen molar-refractivity contribution in [2.45, 2.75) is 18.9 Å². The molecule has 2 heteroatoms. The Hall–Kier alpha value is -1.12. The van der Waals surface area contributed by atoms with Gasteiger partial charge in [0.05, 0.1) is 0 Å². The predicted octanol–water partition coefficient (Wildman–Crippen LogP) is 2.12. The molecule has 0 bridgehead atoms. The van der Waals surface area contributed by atoms with E-state index in [4.69, 9.17) is 5.73 Å². The van der Waals surface area contributed by atoms with E-state index < -0.39 is 0 Å². The summed E-state index contributed by atoms with van der Waals surface area (Å²) in [6.07, 6.45) is 2.50. The predicted molar refractivity (Wildman–Crippen MR) is 69.1 cm³/mol. The fourth-order valence-corrected chi connectivity index (χ4v) is 2.38. The summed E-state index contributed by atoms with van der Waals surface area (Å²) in [6, 6.07) is 11.0. The summed E-state index contributed by atoms with van der Waals surface area (Å²) in [5, 5.41) is 0. The second kappa shape index (κ2) is 5.28. The summed E-state index contributed by atoms with van der Waals surface area (Å²) in [5.41, 5.74) is 8.20. The molecule has 1 aromatic rings. The number of hydrogen-bond donors (Lipinski definition) is 1. The first-order valence-corrected chi connectivity index (χ1v) is 5.98. The molecule has 1 fully saturated rings. The van der Waals surface area contributed by atoms with Gasteiger partial charge in [0, 0.05) is 19.1 Å². The quantitative estimate of drug-likeness (QED) is 0.835. The van der Waals surface area contributed by atoms with Crippen molar-refractivity contribution in [2.75, 3.05) is 19.6 Å². The van der Waals surface area contributed by atoms with Crippen molar-refractivity contribution in [3.05, 3.63) is 42.5 Å². The molecule has 1 unspecified atom stereocenters. The van der Waals surface area contributed by atoms with Gasteiger partial charge in [-0.05, 0) is 30.5 Å². The number of nitrogens with two attached hydrogens (primary N) is 1. The molecule has 1 aliphatic heterocycles. The highest BCUT2D eigenvalue weighted by molar-refractivity contribution is 5.64. The molecular formula is C14H20N2. The minimum atomic E-state index is 0.556. The van der Waals surface area contributed by atoms with E-state index in [0.29, 0.717) is 6.04 Å². The van der Waals surface area contributed by atoms with Gasteiger partial charge in [-0.2, -0.15) is 0 Å². The van der Waals surface area contributed by atoms with Crippen LogP contribution in [0.25, 0.3) is 5.57 Å².